The van der Waals surface area contributed by atoms with Gasteiger partial charge in [0, 0.05) is 10.2 Å². The maximum absolute atomic E-state index is 12.1. The Kier molecular flexibility index (Phi) is 5.39. The van der Waals surface area contributed by atoms with Gasteiger partial charge in [0.25, 0.3) is 0 Å². The number of thiazole rings is 1. The number of rotatable bonds is 5. The van der Waals surface area contributed by atoms with E-state index in [1.165, 1.54) is 17.5 Å². The van der Waals surface area contributed by atoms with Crippen molar-refractivity contribution in [2.24, 2.45) is 0 Å². The van der Waals surface area contributed by atoms with Gasteiger partial charge in [-0.2, -0.15) is 0 Å². The second-order valence-corrected chi connectivity index (χ2v) is 6.45. The van der Waals surface area contributed by atoms with Crippen molar-refractivity contribution in [3.8, 4) is 0 Å². The molecule has 0 amide bonds. The number of carbonyl (C=O) groups excluding carboxylic acids is 1. The highest BCUT2D eigenvalue weighted by atomic mass is 79.9. The lowest BCUT2D eigenvalue weighted by Gasteiger charge is -2.16. The second kappa shape index (κ2) is 7.06. The topological polar surface area (TPSA) is 51.2 Å². The average molecular weight is 376 g/mol. The summed E-state index contributed by atoms with van der Waals surface area (Å²) in [5.41, 5.74) is 0.795. The zero-order valence-corrected chi connectivity index (χ0v) is 13.8. The lowest BCUT2D eigenvalue weighted by Crippen LogP contribution is -2.23. The van der Waals surface area contributed by atoms with E-state index in [-0.39, 0.29) is 5.97 Å². The highest BCUT2D eigenvalue weighted by Gasteiger charge is 2.25. The molecule has 1 aromatic heterocycles. The molecule has 1 atom stereocenters. The SMILES string of the molecule is CCOC(=O)C(Nc1cccc(Br)c1)c1ncc(Cl)s1. The van der Waals surface area contributed by atoms with Gasteiger partial charge in [0.2, 0.25) is 0 Å². The van der Waals surface area contributed by atoms with Crippen molar-refractivity contribution in [1.82, 2.24) is 4.98 Å². The Balaban J connectivity index is 2.25. The molecule has 1 N–H and O–H groups in total. The second-order valence-electron chi connectivity index (χ2n) is 3.84. The Bertz CT molecular complexity index is 606. The van der Waals surface area contributed by atoms with Gasteiger partial charge in [0.15, 0.2) is 6.04 Å². The minimum atomic E-state index is -0.665. The molecule has 106 valence electrons. The minimum Gasteiger partial charge on any atom is -0.464 e. The lowest BCUT2D eigenvalue weighted by molar-refractivity contribution is -0.144. The molecule has 0 aliphatic heterocycles. The summed E-state index contributed by atoms with van der Waals surface area (Å²) in [4.78, 5) is 16.2. The standard InChI is InChI=1S/C13H12BrClN2O2S/c1-2-19-13(18)11(12-16-7-10(15)20-12)17-9-5-3-4-8(14)6-9/h3-7,11,17H,2H2,1H3. The molecule has 0 spiro atoms. The number of ether oxygens (including phenoxy) is 1. The molecular formula is C13H12BrClN2O2S. The molecule has 4 nitrogen and oxygen atoms in total. The summed E-state index contributed by atoms with van der Waals surface area (Å²) in [6.07, 6.45) is 1.52. The Hall–Kier alpha value is -1.11. The van der Waals surface area contributed by atoms with Gasteiger partial charge in [0.05, 0.1) is 12.8 Å². The number of hydrogen-bond acceptors (Lipinski definition) is 5. The first-order valence-corrected chi connectivity index (χ1v) is 7.89. The number of benzene rings is 1. The Morgan fingerprint density at radius 1 is 1.60 bits per heavy atom. The molecule has 0 fully saturated rings. The van der Waals surface area contributed by atoms with E-state index in [4.69, 9.17) is 16.3 Å². The van der Waals surface area contributed by atoms with E-state index in [0.717, 1.165) is 10.2 Å². The minimum absolute atomic E-state index is 0.314. The highest BCUT2D eigenvalue weighted by molar-refractivity contribution is 9.10. The first-order chi connectivity index (χ1) is 9.60. The van der Waals surface area contributed by atoms with Gasteiger partial charge in [-0.15, -0.1) is 11.3 Å². The van der Waals surface area contributed by atoms with E-state index in [1.807, 2.05) is 24.3 Å². The number of hydrogen-bond donors (Lipinski definition) is 1. The van der Waals surface area contributed by atoms with Crippen molar-refractivity contribution in [3.63, 3.8) is 0 Å². The normalized spacial score (nSPS) is 11.9. The average Bonchev–Trinajstić information content (AvgIpc) is 2.83. The van der Waals surface area contributed by atoms with Crippen LogP contribution in [0, 0.1) is 0 Å². The van der Waals surface area contributed by atoms with E-state index in [1.54, 1.807) is 6.92 Å². The summed E-state index contributed by atoms with van der Waals surface area (Å²) in [7, 11) is 0. The van der Waals surface area contributed by atoms with Crippen LogP contribution in [-0.4, -0.2) is 17.6 Å². The number of nitrogens with zero attached hydrogens (tertiary/aromatic N) is 1. The Morgan fingerprint density at radius 3 is 3.00 bits per heavy atom. The molecule has 0 saturated carbocycles. The molecule has 0 radical (unpaired) electrons. The molecule has 1 aromatic carbocycles. The predicted octanol–water partition coefficient (Wildman–Crippen LogP) is 4.28. The van der Waals surface area contributed by atoms with Crippen molar-refractivity contribution in [2.45, 2.75) is 13.0 Å². The number of aromatic nitrogens is 1. The van der Waals surface area contributed by atoms with Gasteiger partial charge in [-0.3, -0.25) is 0 Å². The fraction of sp³-hybridized carbons (Fsp3) is 0.231. The monoisotopic (exact) mass is 374 g/mol. The maximum Gasteiger partial charge on any atom is 0.335 e. The molecular weight excluding hydrogens is 364 g/mol. The zero-order chi connectivity index (χ0) is 14.5. The quantitative estimate of drug-likeness (QED) is 0.793. The van der Waals surface area contributed by atoms with Crippen LogP contribution < -0.4 is 5.32 Å². The highest BCUT2D eigenvalue weighted by Crippen LogP contribution is 2.28. The Labute approximate surface area is 134 Å². The maximum atomic E-state index is 12.1. The molecule has 0 saturated heterocycles. The van der Waals surface area contributed by atoms with Crippen molar-refractivity contribution in [1.29, 1.82) is 0 Å². The van der Waals surface area contributed by atoms with Crippen LogP contribution in [0.2, 0.25) is 4.34 Å². The molecule has 1 heterocycles. The first-order valence-electron chi connectivity index (χ1n) is 5.90. The predicted molar refractivity (Wildman–Crippen MR) is 84.3 cm³/mol. The van der Waals surface area contributed by atoms with Crippen LogP contribution in [0.5, 0.6) is 0 Å². The first kappa shape index (κ1) is 15.3. The van der Waals surface area contributed by atoms with Crippen LogP contribution in [0.25, 0.3) is 0 Å². The van der Waals surface area contributed by atoms with E-state index >= 15 is 0 Å². The van der Waals surface area contributed by atoms with Gasteiger partial charge in [-0.1, -0.05) is 33.6 Å². The fourth-order valence-electron chi connectivity index (χ4n) is 1.59. The number of nitrogens with one attached hydrogen (secondary N) is 1. The molecule has 7 heteroatoms. The summed E-state index contributed by atoms with van der Waals surface area (Å²) in [6, 6.07) is 6.86. The zero-order valence-electron chi connectivity index (χ0n) is 10.6. The van der Waals surface area contributed by atoms with E-state index in [2.05, 4.69) is 26.2 Å². The van der Waals surface area contributed by atoms with Crippen LogP contribution in [0.15, 0.2) is 34.9 Å². The van der Waals surface area contributed by atoms with Gasteiger partial charge in [-0.05, 0) is 25.1 Å². The molecule has 0 aliphatic rings. The number of carbonyl (C=O) groups is 1. The van der Waals surface area contributed by atoms with Gasteiger partial charge < -0.3 is 10.1 Å². The third-order valence-corrected chi connectivity index (χ3v) is 4.07. The molecule has 1 unspecified atom stereocenters. The number of anilines is 1. The van der Waals surface area contributed by atoms with Gasteiger partial charge in [-0.25, -0.2) is 9.78 Å². The van der Waals surface area contributed by atoms with E-state index in [9.17, 15) is 4.79 Å². The molecule has 2 aromatic rings. The number of esters is 1. The molecule has 0 bridgehead atoms. The molecule has 2 rings (SSSR count). The van der Waals surface area contributed by atoms with Crippen LogP contribution >= 0.6 is 38.9 Å². The summed E-state index contributed by atoms with van der Waals surface area (Å²) in [5.74, 6) is -0.376. The van der Waals surface area contributed by atoms with Crippen molar-refractivity contribution in [2.75, 3.05) is 11.9 Å². The van der Waals surface area contributed by atoms with E-state index in [0.29, 0.717) is 16.0 Å². The van der Waals surface area contributed by atoms with Crippen LogP contribution in [0.1, 0.15) is 18.0 Å². The van der Waals surface area contributed by atoms with Crippen LogP contribution in [0.4, 0.5) is 5.69 Å². The molecule has 20 heavy (non-hydrogen) atoms. The Morgan fingerprint density at radius 2 is 2.40 bits per heavy atom. The third kappa shape index (κ3) is 3.94. The summed E-state index contributed by atoms with van der Waals surface area (Å²) in [6.45, 7) is 2.08. The fourth-order valence-corrected chi connectivity index (χ4v) is 2.96. The largest absolute Gasteiger partial charge is 0.464 e. The van der Waals surface area contributed by atoms with Crippen molar-refractivity contribution >= 4 is 50.5 Å². The van der Waals surface area contributed by atoms with Crippen molar-refractivity contribution in [3.05, 3.63) is 44.3 Å². The summed E-state index contributed by atoms with van der Waals surface area (Å²) in [5, 5.41) is 3.70. The smallest absolute Gasteiger partial charge is 0.335 e. The summed E-state index contributed by atoms with van der Waals surface area (Å²) < 4.78 is 6.53. The van der Waals surface area contributed by atoms with Gasteiger partial charge in [0.1, 0.15) is 9.34 Å². The van der Waals surface area contributed by atoms with Gasteiger partial charge >= 0.3 is 5.97 Å². The van der Waals surface area contributed by atoms with E-state index < -0.39 is 6.04 Å². The lowest BCUT2D eigenvalue weighted by atomic mass is 10.2. The van der Waals surface area contributed by atoms with Crippen LogP contribution in [-0.2, 0) is 9.53 Å². The molecule has 0 aliphatic carbocycles. The number of halogens is 2. The van der Waals surface area contributed by atoms with Crippen LogP contribution in [0.3, 0.4) is 0 Å². The summed E-state index contributed by atoms with van der Waals surface area (Å²) >= 11 is 10.5. The third-order valence-electron chi connectivity index (χ3n) is 2.40. The van der Waals surface area contributed by atoms with Crippen molar-refractivity contribution < 1.29 is 9.53 Å².